The first-order chi connectivity index (χ1) is 11.8. The highest BCUT2D eigenvalue weighted by molar-refractivity contribution is 6.42. The van der Waals surface area contributed by atoms with Crippen molar-refractivity contribution in [1.82, 2.24) is 9.80 Å². The Hall–Kier alpha value is -1.79. The number of carbonyl (C=O) groups is 3. The van der Waals surface area contributed by atoms with Crippen LogP contribution in [-0.4, -0.2) is 60.2 Å². The minimum absolute atomic E-state index is 0.0227. The predicted octanol–water partition coefficient (Wildman–Crippen LogP) is 2.43. The van der Waals surface area contributed by atoms with Crippen molar-refractivity contribution in [3.05, 3.63) is 28.2 Å². The number of anilines is 1. The first kappa shape index (κ1) is 19.5. The van der Waals surface area contributed by atoms with Crippen molar-refractivity contribution in [2.24, 2.45) is 0 Å². The molecular formula is C17H21Cl2N3O3. The zero-order valence-corrected chi connectivity index (χ0v) is 15.8. The zero-order chi connectivity index (χ0) is 18.6. The molecule has 136 valence electrons. The summed E-state index contributed by atoms with van der Waals surface area (Å²) in [5.74, 6) is -0.184. The molecule has 1 aromatic rings. The van der Waals surface area contributed by atoms with Crippen LogP contribution in [0.3, 0.4) is 0 Å². The summed E-state index contributed by atoms with van der Waals surface area (Å²) in [6.45, 7) is 5.36. The highest BCUT2D eigenvalue weighted by atomic mass is 35.5. The van der Waals surface area contributed by atoms with Gasteiger partial charge in [-0.2, -0.15) is 0 Å². The Labute approximate surface area is 157 Å². The van der Waals surface area contributed by atoms with Crippen LogP contribution in [0.1, 0.15) is 20.3 Å². The molecule has 1 heterocycles. The molecule has 1 fully saturated rings. The maximum atomic E-state index is 12.4. The average molecular weight is 386 g/mol. The lowest BCUT2D eigenvalue weighted by atomic mass is 10.2. The van der Waals surface area contributed by atoms with Gasteiger partial charge in [0.2, 0.25) is 17.7 Å². The summed E-state index contributed by atoms with van der Waals surface area (Å²) in [5, 5.41) is 0.769. The lowest BCUT2D eigenvalue weighted by Crippen LogP contribution is -2.50. The molecule has 0 radical (unpaired) electrons. The van der Waals surface area contributed by atoms with Crippen LogP contribution < -0.4 is 4.90 Å². The second-order valence-electron chi connectivity index (χ2n) is 5.91. The maximum absolute atomic E-state index is 12.4. The Morgan fingerprint density at radius 2 is 1.60 bits per heavy atom. The molecule has 6 nitrogen and oxygen atoms in total. The van der Waals surface area contributed by atoms with Crippen LogP contribution in [0.2, 0.25) is 10.0 Å². The number of carbonyl (C=O) groups excluding carboxylic acids is 3. The Morgan fingerprint density at radius 1 is 1.00 bits per heavy atom. The maximum Gasteiger partial charge on any atom is 0.224 e. The van der Waals surface area contributed by atoms with Crippen LogP contribution in [0, 0.1) is 0 Å². The Bertz CT molecular complexity index is 673. The molecule has 0 N–H and O–H groups in total. The van der Waals surface area contributed by atoms with Crippen molar-refractivity contribution in [1.29, 1.82) is 0 Å². The van der Waals surface area contributed by atoms with Gasteiger partial charge in [-0.05, 0) is 18.2 Å². The van der Waals surface area contributed by atoms with Crippen LogP contribution in [-0.2, 0) is 14.4 Å². The molecule has 0 bridgehead atoms. The normalized spacial score (nSPS) is 14.4. The van der Waals surface area contributed by atoms with Crippen molar-refractivity contribution in [3.8, 4) is 0 Å². The van der Waals surface area contributed by atoms with Crippen LogP contribution in [0.15, 0.2) is 18.2 Å². The average Bonchev–Trinajstić information content (AvgIpc) is 2.57. The summed E-state index contributed by atoms with van der Waals surface area (Å²) in [6, 6.07) is 4.94. The molecule has 2 rings (SSSR count). The van der Waals surface area contributed by atoms with E-state index in [2.05, 4.69) is 0 Å². The van der Waals surface area contributed by atoms with E-state index in [-0.39, 0.29) is 30.7 Å². The number of halogens is 2. The zero-order valence-electron chi connectivity index (χ0n) is 14.3. The van der Waals surface area contributed by atoms with Gasteiger partial charge in [-0.25, -0.2) is 0 Å². The fourth-order valence-corrected chi connectivity index (χ4v) is 3.05. The van der Waals surface area contributed by atoms with Gasteiger partial charge in [-0.3, -0.25) is 14.4 Å². The van der Waals surface area contributed by atoms with E-state index >= 15 is 0 Å². The molecule has 0 saturated carbocycles. The monoisotopic (exact) mass is 385 g/mol. The van der Waals surface area contributed by atoms with Gasteiger partial charge in [0, 0.05) is 58.7 Å². The lowest BCUT2D eigenvalue weighted by molar-refractivity contribution is -0.138. The Balaban J connectivity index is 1.95. The number of benzene rings is 1. The van der Waals surface area contributed by atoms with E-state index in [0.717, 1.165) is 0 Å². The summed E-state index contributed by atoms with van der Waals surface area (Å²) in [4.78, 5) is 40.6. The second-order valence-corrected chi connectivity index (χ2v) is 6.72. The van der Waals surface area contributed by atoms with Gasteiger partial charge in [0.1, 0.15) is 0 Å². The van der Waals surface area contributed by atoms with Gasteiger partial charge in [0.05, 0.1) is 10.0 Å². The Kier molecular flexibility index (Phi) is 6.67. The van der Waals surface area contributed by atoms with Crippen molar-refractivity contribution >= 4 is 46.6 Å². The van der Waals surface area contributed by atoms with Gasteiger partial charge < -0.3 is 14.7 Å². The fourth-order valence-electron chi connectivity index (χ4n) is 2.76. The summed E-state index contributed by atoms with van der Waals surface area (Å²) in [7, 11) is 0. The Morgan fingerprint density at radius 3 is 2.12 bits per heavy atom. The third-order valence-corrected chi connectivity index (χ3v) is 4.96. The molecular weight excluding hydrogens is 365 g/mol. The molecule has 0 aliphatic carbocycles. The summed E-state index contributed by atoms with van der Waals surface area (Å²) >= 11 is 11.9. The highest BCUT2D eigenvalue weighted by Crippen LogP contribution is 2.27. The van der Waals surface area contributed by atoms with Crippen LogP contribution in [0.25, 0.3) is 0 Å². The number of nitrogens with zero attached hydrogens (tertiary/aromatic N) is 3. The van der Waals surface area contributed by atoms with E-state index < -0.39 is 0 Å². The topological polar surface area (TPSA) is 60.9 Å². The number of hydrogen-bond donors (Lipinski definition) is 0. The van der Waals surface area contributed by atoms with Crippen molar-refractivity contribution < 1.29 is 14.4 Å². The largest absolute Gasteiger partial charge is 0.339 e. The number of piperazine rings is 1. The second kappa shape index (κ2) is 8.54. The van der Waals surface area contributed by atoms with E-state index in [9.17, 15) is 14.4 Å². The number of hydrogen-bond acceptors (Lipinski definition) is 3. The minimum Gasteiger partial charge on any atom is -0.339 e. The molecule has 25 heavy (non-hydrogen) atoms. The molecule has 1 aliphatic heterocycles. The van der Waals surface area contributed by atoms with E-state index in [1.165, 1.54) is 18.7 Å². The molecule has 0 aromatic heterocycles. The van der Waals surface area contributed by atoms with Gasteiger partial charge in [-0.15, -0.1) is 0 Å². The molecule has 0 unspecified atom stereocenters. The molecule has 1 aromatic carbocycles. The summed E-state index contributed by atoms with van der Waals surface area (Å²) in [6.07, 6.45) is 0.208. The molecule has 0 atom stereocenters. The van der Waals surface area contributed by atoms with E-state index in [4.69, 9.17) is 23.2 Å². The standard InChI is InChI=1S/C17H21Cl2N3O3/c1-12(23)20-7-9-21(10-8-20)17(25)5-6-22(13(2)24)14-3-4-15(18)16(19)11-14/h3-4,11H,5-10H2,1-2H3. The van der Waals surface area contributed by atoms with E-state index in [0.29, 0.717) is 41.9 Å². The lowest BCUT2D eigenvalue weighted by Gasteiger charge is -2.34. The van der Waals surface area contributed by atoms with Gasteiger partial charge in [0.15, 0.2) is 0 Å². The SMILES string of the molecule is CC(=O)N1CCN(C(=O)CCN(C(C)=O)c2ccc(Cl)c(Cl)c2)CC1. The first-order valence-corrected chi connectivity index (χ1v) is 8.81. The smallest absolute Gasteiger partial charge is 0.224 e. The number of amides is 3. The molecule has 8 heteroatoms. The third-order valence-electron chi connectivity index (χ3n) is 4.22. The number of rotatable bonds is 4. The predicted molar refractivity (Wildman–Crippen MR) is 97.9 cm³/mol. The van der Waals surface area contributed by atoms with E-state index in [1.807, 2.05) is 0 Å². The van der Waals surface area contributed by atoms with Gasteiger partial charge in [0.25, 0.3) is 0 Å². The third kappa shape index (κ3) is 5.09. The quantitative estimate of drug-likeness (QED) is 0.799. The van der Waals surface area contributed by atoms with Crippen LogP contribution in [0.5, 0.6) is 0 Å². The molecule has 3 amide bonds. The van der Waals surface area contributed by atoms with Crippen LogP contribution in [0.4, 0.5) is 5.69 Å². The van der Waals surface area contributed by atoms with E-state index in [1.54, 1.807) is 28.0 Å². The van der Waals surface area contributed by atoms with Gasteiger partial charge in [-0.1, -0.05) is 23.2 Å². The van der Waals surface area contributed by atoms with Crippen LogP contribution >= 0.6 is 23.2 Å². The summed E-state index contributed by atoms with van der Waals surface area (Å²) < 4.78 is 0. The highest BCUT2D eigenvalue weighted by Gasteiger charge is 2.23. The molecule has 1 aliphatic rings. The van der Waals surface area contributed by atoms with Gasteiger partial charge >= 0.3 is 0 Å². The molecule has 0 spiro atoms. The first-order valence-electron chi connectivity index (χ1n) is 8.06. The van der Waals surface area contributed by atoms with Crippen molar-refractivity contribution in [2.45, 2.75) is 20.3 Å². The fraction of sp³-hybridized carbons (Fsp3) is 0.471. The molecule has 1 saturated heterocycles. The summed E-state index contributed by atoms with van der Waals surface area (Å²) in [5.41, 5.74) is 0.607. The van der Waals surface area contributed by atoms with Crippen molar-refractivity contribution in [2.75, 3.05) is 37.6 Å². The minimum atomic E-state index is -0.174. The van der Waals surface area contributed by atoms with Crippen molar-refractivity contribution in [3.63, 3.8) is 0 Å².